The van der Waals surface area contributed by atoms with Gasteiger partial charge in [0.2, 0.25) is 0 Å². The molecule has 2 aromatic carbocycles. The Labute approximate surface area is 137 Å². The minimum absolute atomic E-state index is 0.0458. The number of sulfonamides is 1. The van der Waals surface area contributed by atoms with Crippen LogP contribution in [0.2, 0.25) is 10.0 Å². The summed E-state index contributed by atoms with van der Waals surface area (Å²) >= 11 is 16.7. The zero-order valence-corrected chi connectivity index (χ0v) is 13.7. The number of nitrogens with two attached hydrogens (primary N) is 1. The molecule has 4 nitrogen and oxygen atoms in total. The molecule has 2 rings (SSSR count). The molecule has 110 valence electrons. The molecule has 0 amide bonds. The van der Waals surface area contributed by atoms with Crippen molar-refractivity contribution in [3.8, 4) is 0 Å². The van der Waals surface area contributed by atoms with Crippen LogP contribution in [0.1, 0.15) is 5.56 Å². The topological polar surface area (TPSA) is 72.2 Å². The number of hydrogen-bond acceptors (Lipinski definition) is 3. The predicted molar refractivity (Wildman–Crippen MR) is 89.6 cm³/mol. The third-order valence-corrected chi connectivity index (χ3v) is 4.75. The lowest BCUT2D eigenvalue weighted by Gasteiger charge is -2.11. The van der Waals surface area contributed by atoms with Gasteiger partial charge >= 0.3 is 0 Å². The molecule has 0 bridgehead atoms. The summed E-state index contributed by atoms with van der Waals surface area (Å²) in [4.78, 5) is 0.227. The van der Waals surface area contributed by atoms with Crippen LogP contribution in [0.3, 0.4) is 0 Å². The van der Waals surface area contributed by atoms with Gasteiger partial charge in [-0.3, -0.25) is 4.72 Å². The van der Waals surface area contributed by atoms with Gasteiger partial charge in [0.15, 0.2) is 0 Å². The number of thiocarbonyl (C=S) groups is 1. The first-order chi connectivity index (χ1) is 9.79. The highest BCUT2D eigenvalue weighted by Crippen LogP contribution is 2.26. The smallest absolute Gasteiger partial charge is 0.261 e. The summed E-state index contributed by atoms with van der Waals surface area (Å²) in [6.45, 7) is 0. The third kappa shape index (κ3) is 3.85. The summed E-state index contributed by atoms with van der Waals surface area (Å²) in [7, 11) is -3.77. The standard InChI is InChI=1S/C13H10Cl2N2O2S2/c14-9-2-1-3-10(7-9)21(18,19)17-12-5-4-8(13(16)20)6-11(12)15/h1-7,17H,(H2,16,20). The van der Waals surface area contributed by atoms with Gasteiger partial charge < -0.3 is 5.73 Å². The molecule has 0 saturated heterocycles. The second kappa shape index (κ2) is 6.19. The Morgan fingerprint density at radius 3 is 2.43 bits per heavy atom. The van der Waals surface area contributed by atoms with E-state index in [2.05, 4.69) is 4.72 Å². The van der Waals surface area contributed by atoms with E-state index in [9.17, 15) is 8.42 Å². The molecule has 8 heteroatoms. The van der Waals surface area contributed by atoms with E-state index in [0.717, 1.165) is 0 Å². The molecule has 21 heavy (non-hydrogen) atoms. The molecule has 0 aliphatic carbocycles. The van der Waals surface area contributed by atoms with Crippen molar-refractivity contribution in [1.82, 2.24) is 0 Å². The lowest BCUT2D eigenvalue weighted by molar-refractivity contribution is 0.601. The highest BCUT2D eigenvalue weighted by atomic mass is 35.5. The van der Waals surface area contributed by atoms with Crippen LogP contribution in [-0.4, -0.2) is 13.4 Å². The second-order valence-corrected chi connectivity index (χ2v) is 7.09. The molecular weight excluding hydrogens is 351 g/mol. The minimum Gasteiger partial charge on any atom is -0.389 e. The van der Waals surface area contributed by atoms with Crippen molar-refractivity contribution < 1.29 is 8.42 Å². The SMILES string of the molecule is NC(=S)c1ccc(NS(=O)(=O)c2cccc(Cl)c2)c(Cl)c1. The summed E-state index contributed by atoms with van der Waals surface area (Å²) in [5, 5.41) is 0.527. The van der Waals surface area contributed by atoms with Gasteiger partial charge in [-0.1, -0.05) is 41.5 Å². The number of benzene rings is 2. The molecule has 0 aliphatic rings. The quantitative estimate of drug-likeness (QED) is 0.819. The maximum Gasteiger partial charge on any atom is 0.261 e. The van der Waals surface area contributed by atoms with E-state index in [0.29, 0.717) is 10.6 Å². The van der Waals surface area contributed by atoms with Crippen molar-refractivity contribution in [2.45, 2.75) is 4.90 Å². The summed E-state index contributed by atoms with van der Waals surface area (Å²) in [6, 6.07) is 10.5. The van der Waals surface area contributed by atoms with Gasteiger partial charge in [0.1, 0.15) is 4.99 Å². The Morgan fingerprint density at radius 1 is 1.14 bits per heavy atom. The van der Waals surface area contributed by atoms with E-state index >= 15 is 0 Å². The van der Waals surface area contributed by atoms with E-state index in [4.69, 9.17) is 41.2 Å². The van der Waals surface area contributed by atoms with Crippen LogP contribution in [0.25, 0.3) is 0 Å². The highest BCUT2D eigenvalue weighted by Gasteiger charge is 2.16. The summed E-state index contributed by atoms with van der Waals surface area (Å²) in [5.41, 5.74) is 6.28. The molecule has 2 aromatic rings. The lowest BCUT2D eigenvalue weighted by atomic mass is 10.2. The van der Waals surface area contributed by atoms with Crippen molar-refractivity contribution in [2.75, 3.05) is 4.72 Å². The Morgan fingerprint density at radius 2 is 1.86 bits per heavy atom. The average Bonchev–Trinajstić information content (AvgIpc) is 2.40. The first-order valence-electron chi connectivity index (χ1n) is 5.67. The number of nitrogens with one attached hydrogen (secondary N) is 1. The Hall–Kier alpha value is -1.34. The van der Waals surface area contributed by atoms with E-state index in [-0.39, 0.29) is 20.6 Å². The first kappa shape index (κ1) is 16.0. The molecule has 0 saturated carbocycles. The molecule has 0 aliphatic heterocycles. The molecule has 0 unspecified atom stereocenters. The Bertz CT molecular complexity index is 808. The fraction of sp³-hybridized carbons (Fsp3) is 0. The van der Waals surface area contributed by atoms with Crippen molar-refractivity contribution >= 4 is 56.1 Å². The third-order valence-electron chi connectivity index (χ3n) is 2.60. The second-order valence-electron chi connectivity index (χ2n) is 4.12. The number of anilines is 1. The zero-order chi connectivity index (χ0) is 15.6. The largest absolute Gasteiger partial charge is 0.389 e. The fourth-order valence-corrected chi connectivity index (χ4v) is 3.38. The molecule has 0 radical (unpaired) electrons. The van der Waals surface area contributed by atoms with Gasteiger partial charge in [-0.25, -0.2) is 8.42 Å². The van der Waals surface area contributed by atoms with E-state index in [1.165, 1.54) is 24.3 Å². The fourth-order valence-electron chi connectivity index (χ4n) is 1.59. The molecule has 0 fully saturated rings. The average molecular weight is 361 g/mol. The predicted octanol–water partition coefficient (Wildman–Crippen LogP) is 3.43. The Kier molecular flexibility index (Phi) is 4.73. The number of hydrogen-bond donors (Lipinski definition) is 2. The summed E-state index contributed by atoms with van der Waals surface area (Å²) < 4.78 is 26.9. The van der Waals surface area contributed by atoms with Crippen LogP contribution in [-0.2, 0) is 10.0 Å². The van der Waals surface area contributed by atoms with Gasteiger partial charge in [0, 0.05) is 10.6 Å². The van der Waals surface area contributed by atoms with Crippen molar-refractivity contribution in [2.24, 2.45) is 5.73 Å². The van der Waals surface area contributed by atoms with Gasteiger partial charge in [-0.05, 0) is 36.4 Å². The van der Waals surface area contributed by atoms with Crippen molar-refractivity contribution in [3.63, 3.8) is 0 Å². The van der Waals surface area contributed by atoms with Crippen molar-refractivity contribution in [3.05, 3.63) is 58.1 Å². The maximum absolute atomic E-state index is 12.2. The van der Waals surface area contributed by atoms with Gasteiger partial charge in [0.25, 0.3) is 10.0 Å². The van der Waals surface area contributed by atoms with E-state index < -0.39 is 10.0 Å². The van der Waals surface area contributed by atoms with E-state index in [1.54, 1.807) is 18.2 Å². The van der Waals surface area contributed by atoms with Crippen LogP contribution in [0, 0.1) is 0 Å². The summed E-state index contributed by atoms with van der Waals surface area (Å²) in [5.74, 6) is 0. The molecule has 0 heterocycles. The Balaban J connectivity index is 2.35. The molecule has 3 N–H and O–H groups in total. The monoisotopic (exact) mass is 360 g/mol. The molecule has 0 aromatic heterocycles. The molecular formula is C13H10Cl2N2O2S2. The normalized spacial score (nSPS) is 11.1. The zero-order valence-electron chi connectivity index (χ0n) is 10.5. The molecule has 0 spiro atoms. The van der Waals surface area contributed by atoms with Gasteiger partial charge in [-0.2, -0.15) is 0 Å². The van der Waals surface area contributed by atoms with Crippen LogP contribution in [0.5, 0.6) is 0 Å². The first-order valence-corrected chi connectivity index (χ1v) is 8.32. The van der Waals surface area contributed by atoms with Crippen LogP contribution >= 0.6 is 35.4 Å². The number of rotatable bonds is 4. The van der Waals surface area contributed by atoms with Crippen molar-refractivity contribution in [1.29, 1.82) is 0 Å². The summed E-state index contributed by atoms with van der Waals surface area (Å²) in [6.07, 6.45) is 0. The minimum atomic E-state index is -3.77. The highest BCUT2D eigenvalue weighted by molar-refractivity contribution is 7.92. The van der Waals surface area contributed by atoms with E-state index in [1.807, 2.05) is 0 Å². The molecule has 0 atom stereocenters. The lowest BCUT2D eigenvalue weighted by Crippen LogP contribution is -2.14. The van der Waals surface area contributed by atoms with Crippen LogP contribution < -0.4 is 10.5 Å². The van der Waals surface area contributed by atoms with Gasteiger partial charge in [0.05, 0.1) is 15.6 Å². The van der Waals surface area contributed by atoms with Gasteiger partial charge in [-0.15, -0.1) is 0 Å². The maximum atomic E-state index is 12.2. The number of halogens is 2. The van der Waals surface area contributed by atoms with Crippen LogP contribution in [0.15, 0.2) is 47.4 Å². The van der Waals surface area contributed by atoms with Crippen LogP contribution in [0.4, 0.5) is 5.69 Å².